The molecule has 0 fully saturated rings. The van der Waals surface area contributed by atoms with Gasteiger partial charge in [0.05, 0.1) is 6.61 Å². The zero-order chi connectivity index (χ0) is 23.2. The Bertz CT molecular complexity index is 644. The van der Waals surface area contributed by atoms with E-state index in [1.807, 2.05) is 12.2 Å². The molecule has 3 N–H and O–H groups in total. The lowest BCUT2D eigenvalue weighted by molar-refractivity contribution is -0.147. The Morgan fingerprint density at radius 1 is 0.839 bits per heavy atom. The molecule has 0 amide bonds. The number of unbranched alkanes of at least 4 members (excludes halogenated alkanes) is 1. The fourth-order valence-electron chi connectivity index (χ4n) is 2.23. The van der Waals surface area contributed by atoms with Gasteiger partial charge >= 0.3 is 13.8 Å². The Morgan fingerprint density at radius 3 is 1.81 bits per heavy atom. The zero-order valence-corrected chi connectivity index (χ0v) is 19.2. The molecule has 0 spiro atoms. The van der Waals surface area contributed by atoms with Crippen LogP contribution in [0, 0.1) is 0 Å². The van der Waals surface area contributed by atoms with Crippen LogP contribution in [0.4, 0.5) is 0 Å². The third kappa shape index (κ3) is 24.4. The molecular formula is C23H37O7P. The van der Waals surface area contributed by atoms with Gasteiger partial charge in [0, 0.05) is 6.42 Å². The molecule has 0 bridgehead atoms. The normalized spacial score (nSPS) is 14.1. The van der Waals surface area contributed by atoms with Crippen molar-refractivity contribution < 1.29 is 33.5 Å². The molecule has 0 saturated carbocycles. The SMILES string of the molecule is CCC=CCC=CCC=CCC=CCC=CCCCC(=O)OCC(O)COP(=O)(O)O. The van der Waals surface area contributed by atoms with Crippen LogP contribution in [-0.2, 0) is 18.6 Å². The fourth-order valence-corrected chi connectivity index (χ4v) is 2.59. The first-order chi connectivity index (χ1) is 14.8. The highest BCUT2D eigenvalue weighted by atomic mass is 31.2. The maximum Gasteiger partial charge on any atom is 0.469 e. The summed E-state index contributed by atoms with van der Waals surface area (Å²) in [7, 11) is -4.64. The van der Waals surface area contributed by atoms with E-state index >= 15 is 0 Å². The number of hydrogen-bond acceptors (Lipinski definition) is 5. The second-order valence-corrected chi connectivity index (χ2v) is 7.96. The molecule has 31 heavy (non-hydrogen) atoms. The summed E-state index contributed by atoms with van der Waals surface area (Å²) in [6, 6.07) is 0. The summed E-state index contributed by atoms with van der Waals surface area (Å²) in [6.45, 7) is 1.17. The number of aliphatic hydroxyl groups excluding tert-OH is 1. The minimum Gasteiger partial charge on any atom is -0.463 e. The molecule has 1 atom stereocenters. The number of carbonyl (C=O) groups excluding carboxylic acids is 1. The van der Waals surface area contributed by atoms with Crippen LogP contribution in [0.5, 0.6) is 0 Å². The van der Waals surface area contributed by atoms with Crippen molar-refractivity contribution in [1.82, 2.24) is 0 Å². The highest BCUT2D eigenvalue weighted by Gasteiger charge is 2.17. The van der Waals surface area contributed by atoms with E-state index in [4.69, 9.17) is 14.5 Å². The summed E-state index contributed by atoms with van der Waals surface area (Å²) < 4.78 is 19.4. The van der Waals surface area contributed by atoms with Gasteiger partial charge in [-0.1, -0.05) is 67.7 Å². The predicted octanol–water partition coefficient (Wildman–Crippen LogP) is 4.92. The van der Waals surface area contributed by atoms with Gasteiger partial charge in [-0.15, -0.1) is 0 Å². The van der Waals surface area contributed by atoms with Crippen LogP contribution in [-0.4, -0.2) is 40.2 Å². The van der Waals surface area contributed by atoms with E-state index in [0.29, 0.717) is 6.42 Å². The largest absolute Gasteiger partial charge is 0.469 e. The van der Waals surface area contributed by atoms with Crippen molar-refractivity contribution in [2.75, 3.05) is 13.2 Å². The molecule has 0 saturated heterocycles. The summed E-state index contributed by atoms with van der Waals surface area (Å²) in [5.74, 6) is -0.470. The van der Waals surface area contributed by atoms with Gasteiger partial charge in [0.15, 0.2) is 0 Å². The molecule has 0 aliphatic heterocycles. The van der Waals surface area contributed by atoms with E-state index in [0.717, 1.165) is 38.5 Å². The topological polar surface area (TPSA) is 113 Å². The Labute approximate surface area is 186 Å². The molecule has 176 valence electrons. The van der Waals surface area contributed by atoms with Crippen molar-refractivity contribution in [3.63, 3.8) is 0 Å². The Hall–Kier alpha value is -1.76. The Kier molecular flexibility index (Phi) is 19.0. The summed E-state index contributed by atoms with van der Waals surface area (Å²) in [5.41, 5.74) is 0. The lowest BCUT2D eigenvalue weighted by atomic mass is 10.2. The molecule has 0 aliphatic carbocycles. The minimum absolute atomic E-state index is 0.209. The molecular weight excluding hydrogens is 419 g/mol. The van der Waals surface area contributed by atoms with Crippen LogP contribution < -0.4 is 0 Å². The van der Waals surface area contributed by atoms with Gasteiger partial charge in [0.2, 0.25) is 0 Å². The van der Waals surface area contributed by atoms with Crippen molar-refractivity contribution >= 4 is 13.8 Å². The van der Waals surface area contributed by atoms with Crippen LogP contribution in [0.2, 0.25) is 0 Å². The van der Waals surface area contributed by atoms with Gasteiger partial charge in [-0.2, -0.15) is 0 Å². The molecule has 8 heteroatoms. The van der Waals surface area contributed by atoms with Crippen molar-refractivity contribution in [2.45, 2.75) is 64.4 Å². The predicted molar refractivity (Wildman–Crippen MR) is 123 cm³/mol. The number of ether oxygens (including phenoxy) is 1. The van der Waals surface area contributed by atoms with Gasteiger partial charge in [0.25, 0.3) is 0 Å². The highest BCUT2D eigenvalue weighted by molar-refractivity contribution is 7.46. The van der Waals surface area contributed by atoms with Crippen LogP contribution in [0.3, 0.4) is 0 Å². The monoisotopic (exact) mass is 456 g/mol. The first kappa shape index (κ1) is 29.2. The first-order valence-electron chi connectivity index (χ1n) is 10.6. The summed E-state index contributed by atoms with van der Waals surface area (Å²) in [5, 5.41) is 9.41. The molecule has 0 aromatic rings. The van der Waals surface area contributed by atoms with Crippen LogP contribution in [0.25, 0.3) is 0 Å². The molecule has 0 aromatic heterocycles. The number of esters is 1. The van der Waals surface area contributed by atoms with E-state index in [9.17, 15) is 14.5 Å². The van der Waals surface area contributed by atoms with Gasteiger partial charge in [-0.25, -0.2) is 4.57 Å². The maximum absolute atomic E-state index is 11.5. The van der Waals surface area contributed by atoms with Crippen LogP contribution in [0.1, 0.15) is 58.3 Å². The van der Waals surface area contributed by atoms with E-state index < -0.39 is 26.5 Å². The molecule has 0 aliphatic rings. The molecule has 1 unspecified atom stereocenters. The second kappa shape index (κ2) is 20.2. The number of carbonyl (C=O) groups is 1. The molecule has 7 nitrogen and oxygen atoms in total. The molecule has 0 heterocycles. The molecule has 0 radical (unpaired) electrons. The smallest absolute Gasteiger partial charge is 0.463 e. The number of rotatable bonds is 18. The third-order valence-corrected chi connectivity index (χ3v) is 4.27. The van der Waals surface area contributed by atoms with Crippen molar-refractivity contribution in [3.05, 3.63) is 60.8 Å². The summed E-state index contributed by atoms with van der Waals surface area (Å²) >= 11 is 0. The lowest BCUT2D eigenvalue weighted by Crippen LogP contribution is -2.23. The number of phosphoric acid groups is 1. The van der Waals surface area contributed by atoms with E-state index in [-0.39, 0.29) is 13.0 Å². The van der Waals surface area contributed by atoms with Crippen molar-refractivity contribution in [2.24, 2.45) is 0 Å². The Balaban J connectivity index is 3.63. The van der Waals surface area contributed by atoms with E-state index in [1.165, 1.54) is 0 Å². The van der Waals surface area contributed by atoms with Gasteiger partial charge < -0.3 is 19.6 Å². The van der Waals surface area contributed by atoms with E-state index in [2.05, 4.69) is 60.1 Å². The van der Waals surface area contributed by atoms with Gasteiger partial charge in [0.1, 0.15) is 12.7 Å². The van der Waals surface area contributed by atoms with Crippen molar-refractivity contribution in [1.29, 1.82) is 0 Å². The number of allylic oxidation sites excluding steroid dienone is 10. The van der Waals surface area contributed by atoms with Crippen LogP contribution in [0.15, 0.2) is 60.8 Å². The maximum atomic E-state index is 11.5. The van der Waals surface area contributed by atoms with Crippen LogP contribution >= 0.6 is 7.82 Å². The quantitative estimate of drug-likeness (QED) is 0.116. The zero-order valence-electron chi connectivity index (χ0n) is 18.3. The lowest BCUT2D eigenvalue weighted by Gasteiger charge is -2.12. The molecule has 0 aromatic carbocycles. The first-order valence-corrected chi connectivity index (χ1v) is 12.2. The van der Waals surface area contributed by atoms with E-state index in [1.54, 1.807) is 0 Å². The van der Waals surface area contributed by atoms with Crippen molar-refractivity contribution in [3.8, 4) is 0 Å². The fraction of sp³-hybridized carbons (Fsp3) is 0.522. The van der Waals surface area contributed by atoms with Gasteiger partial charge in [-0.05, 0) is 44.9 Å². The third-order valence-electron chi connectivity index (χ3n) is 3.78. The van der Waals surface area contributed by atoms with Gasteiger partial charge in [-0.3, -0.25) is 9.32 Å². The second-order valence-electron chi connectivity index (χ2n) is 6.72. The number of hydrogen-bond donors (Lipinski definition) is 3. The standard InChI is InChI=1S/C23H37O7P/c1-2-3-4-5-6-7-8-9-10-11-12-13-14-15-16-17-18-19-23(25)29-20-22(24)21-30-31(26,27)28/h3-4,6-7,9-10,12-13,15-16,22,24H,2,5,8,11,14,17-21H2,1H3,(H2,26,27,28). The minimum atomic E-state index is -4.64. The summed E-state index contributed by atoms with van der Waals surface area (Å²) in [6.07, 6.45) is 26.3. The molecule has 0 rings (SSSR count). The summed E-state index contributed by atoms with van der Waals surface area (Å²) in [4.78, 5) is 28.6. The highest BCUT2D eigenvalue weighted by Crippen LogP contribution is 2.35. The average molecular weight is 457 g/mol. The number of phosphoric ester groups is 1. The number of aliphatic hydroxyl groups is 1. The average Bonchev–Trinajstić information content (AvgIpc) is 2.72. The Morgan fingerprint density at radius 2 is 1.32 bits per heavy atom.